The van der Waals surface area contributed by atoms with Gasteiger partial charge in [0.15, 0.2) is 0 Å². The summed E-state index contributed by atoms with van der Waals surface area (Å²) in [5.41, 5.74) is 7.47. The van der Waals surface area contributed by atoms with Gasteiger partial charge in [0.25, 0.3) is 0 Å². The topological polar surface area (TPSA) is 66.6 Å². The summed E-state index contributed by atoms with van der Waals surface area (Å²) in [7, 11) is 1.95. The molecule has 0 amide bonds. The van der Waals surface area contributed by atoms with Gasteiger partial charge in [-0.15, -0.1) is 11.3 Å². The number of nitrogen functional groups attached to an aromatic ring is 1. The zero-order valence-corrected chi connectivity index (χ0v) is 11.6. The second kappa shape index (κ2) is 5.32. The Hall–Kier alpha value is -2.01. The van der Waals surface area contributed by atoms with E-state index in [0.717, 1.165) is 5.69 Å². The van der Waals surface area contributed by atoms with Crippen molar-refractivity contribution in [3.63, 3.8) is 0 Å². The molecule has 4 nitrogen and oxygen atoms in total. The lowest BCUT2D eigenvalue weighted by Crippen LogP contribution is -2.22. The van der Waals surface area contributed by atoms with Gasteiger partial charge in [-0.25, -0.2) is 4.79 Å². The molecule has 1 aromatic heterocycles. The van der Waals surface area contributed by atoms with Gasteiger partial charge in [0.2, 0.25) is 0 Å². The number of carboxylic acids is 1. The molecule has 1 atom stereocenters. The minimum absolute atomic E-state index is 0.193. The van der Waals surface area contributed by atoms with Gasteiger partial charge in [0.1, 0.15) is 0 Å². The van der Waals surface area contributed by atoms with Crippen molar-refractivity contribution in [1.29, 1.82) is 0 Å². The number of aromatic carboxylic acids is 1. The number of hydrogen-bond acceptors (Lipinski definition) is 4. The molecule has 5 heteroatoms. The molecule has 3 N–H and O–H groups in total. The smallest absolute Gasteiger partial charge is 0.335 e. The maximum absolute atomic E-state index is 10.9. The Bertz CT molecular complexity index is 581. The van der Waals surface area contributed by atoms with E-state index in [4.69, 9.17) is 10.8 Å². The molecule has 100 valence electrons. The van der Waals surface area contributed by atoms with Gasteiger partial charge >= 0.3 is 5.97 Å². The van der Waals surface area contributed by atoms with Gasteiger partial charge in [0.05, 0.1) is 23.0 Å². The number of thiophene rings is 1. The lowest BCUT2D eigenvalue weighted by Gasteiger charge is -2.27. The maximum Gasteiger partial charge on any atom is 0.335 e. The van der Waals surface area contributed by atoms with Crippen LogP contribution in [-0.2, 0) is 0 Å². The largest absolute Gasteiger partial charge is 0.478 e. The molecule has 0 spiro atoms. The molecule has 0 saturated heterocycles. The quantitative estimate of drug-likeness (QED) is 0.841. The van der Waals surface area contributed by atoms with Crippen molar-refractivity contribution in [2.24, 2.45) is 0 Å². The van der Waals surface area contributed by atoms with Crippen LogP contribution in [0, 0.1) is 0 Å². The van der Waals surface area contributed by atoms with Crippen molar-refractivity contribution >= 4 is 28.7 Å². The van der Waals surface area contributed by atoms with Crippen molar-refractivity contribution < 1.29 is 9.90 Å². The highest BCUT2D eigenvalue weighted by Crippen LogP contribution is 2.32. The summed E-state index contributed by atoms with van der Waals surface area (Å²) in [4.78, 5) is 14.2. The number of nitrogens with zero attached hydrogens (tertiary/aromatic N) is 1. The number of nitrogens with two attached hydrogens (primary N) is 1. The summed E-state index contributed by atoms with van der Waals surface area (Å²) in [5, 5.41) is 11.0. The van der Waals surface area contributed by atoms with Crippen LogP contribution in [0.25, 0.3) is 0 Å². The molecule has 0 aliphatic heterocycles. The molecular weight excluding hydrogens is 260 g/mol. The maximum atomic E-state index is 10.9. The fraction of sp³-hybridized carbons (Fsp3) is 0.214. The zero-order valence-electron chi connectivity index (χ0n) is 10.8. The molecule has 1 unspecified atom stereocenters. The minimum Gasteiger partial charge on any atom is -0.478 e. The van der Waals surface area contributed by atoms with Crippen LogP contribution in [-0.4, -0.2) is 18.1 Å². The Morgan fingerprint density at radius 3 is 2.68 bits per heavy atom. The van der Waals surface area contributed by atoms with Crippen LogP contribution in [0.15, 0.2) is 35.7 Å². The third-order valence-corrected chi connectivity index (χ3v) is 4.23. The number of carboxylic acid groups (broad SMARTS) is 1. The van der Waals surface area contributed by atoms with Crippen molar-refractivity contribution in [2.75, 3.05) is 17.7 Å². The highest BCUT2D eigenvalue weighted by atomic mass is 32.1. The zero-order chi connectivity index (χ0) is 14.0. The molecule has 0 radical (unpaired) electrons. The van der Waals surface area contributed by atoms with Crippen LogP contribution in [0.3, 0.4) is 0 Å². The van der Waals surface area contributed by atoms with Gasteiger partial charge in [-0.2, -0.15) is 0 Å². The lowest BCUT2D eigenvalue weighted by molar-refractivity contribution is 0.0697. The first-order valence-electron chi connectivity index (χ1n) is 5.89. The molecule has 2 aromatic rings. The molecule has 0 saturated carbocycles. The summed E-state index contributed by atoms with van der Waals surface area (Å²) in [6.07, 6.45) is 0. The molecule has 19 heavy (non-hydrogen) atoms. The van der Waals surface area contributed by atoms with Gasteiger partial charge in [-0.05, 0) is 36.6 Å². The summed E-state index contributed by atoms with van der Waals surface area (Å²) in [6, 6.07) is 9.11. The predicted molar refractivity (Wildman–Crippen MR) is 79.0 cm³/mol. The standard InChI is InChI=1S/C14H16N2O2S/c1-9(13-4-3-7-19-13)16(2)12-6-5-10(14(17)18)8-11(12)15/h3-9H,15H2,1-2H3,(H,17,18). The highest BCUT2D eigenvalue weighted by molar-refractivity contribution is 7.10. The van der Waals surface area contributed by atoms with E-state index < -0.39 is 5.97 Å². The number of anilines is 2. The van der Waals surface area contributed by atoms with Crippen LogP contribution in [0.4, 0.5) is 11.4 Å². The van der Waals surface area contributed by atoms with Crippen LogP contribution < -0.4 is 10.6 Å². The SMILES string of the molecule is CC(c1cccs1)N(C)c1ccc(C(=O)O)cc1N. The normalized spacial score (nSPS) is 12.1. The predicted octanol–water partition coefficient (Wildman–Crippen LogP) is 3.23. The van der Waals surface area contributed by atoms with E-state index in [9.17, 15) is 4.79 Å². The fourth-order valence-corrected chi connectivity index (χ4v) is 2.76. The van der Waals surface area contributed by atoms with E-state index in [1.54, 1.807) is 23.5 Å². The Morgan fingerprint density at radius 2 is 2.16 bits per heavy atom. The third-order valence-electron chi connectivity index (χ3n) is 3.19. The average molecular weight is 276 g/mol. The van der Waals surface area contributed by atoms with Crippen molar-refractivity contribution in [3.05, 3.63) is 46.2 Å². The van der Waals surface area contributed by atoms with E-state index in [1.807, 2.05) is 23.4 Å². The van der Waals surface area contributed by atoms with Gasteiger partial charge < -0.3 is 15.7 Å². The molecule has 0 aliphatic carbocycles. The van der Waals surface area contributed by atoms with E-state index in [2.05, 4.69) is 13.0 Å². The Balaban J connectivity index is 2.29. The van der Waals surface area contributed by atoms with Gasteiger partial charge in [-0.3, -0.25) is 0 Å². The molecule has 1 heterocycles. The summed E-state index contributed by atoms with van der Waals surface area (Å²) in [5.74, 6) is -0.966. The first-order valence-corrected chi connectivity index (χ1v) is 6.77. The highest BCUT2D eigenvalue weighted by Gasteiger charge is 2.16. The summed E-state index contributed by atoms with van der Waals surface area (Å²) >= 11 is 1.69. The van der Waals surface area contributed by atoms with E-state index in [-0.39, 0.29) is 11.6 Å². The van der Waals surface area contributed by atoms with Crippen LogP contribution >= 0.6 is 11.3 Å². The minimum atomic E-state index is -0.966. The van der Waals surface area contributed by atoms with Crippen LogP contribution in [0.1, 0.15) is 28.2 Å². The first-order chi connectivity index (χ1) is 9.00. The van der Waals surface area contributed by atoms with Crippen molar-refractivity contribution in [3.8, 4) is 0 Å². The molecule has 1 aromatic carbocycles. The van der Waals surface area contributed by atoms with E-state index in [0.29, 0.717) is 5.69 Å². The van der Waals surface area contributed by atoms with E-state index in [1.165, 1.54) is 10.9 Å². The van der Waals surface area contributed by atoms with Crippen molar-refractivity contribution in [1.82, 2.24) is 0 Å². The third kappa shape index (κ3) is 2.71. The lowest BCUT2D eigenvalue weighted by atomic mass is 10.1. The number of carbonyl (C=O) groups is 1. The van der Waals surface area contributed by atoms with Crippen LogP contribution in [0.5, 0.6) is 0 Å². The molecule has 0 fully saturated rings. The average Bonchev–Trinajstić information content (AvgIpc) is 2.90. The second-order valence-corrected chi connectivity index (χ2v) is 5.36. The van der Waals surface area contributed by atoms with Crippen LogP contribution in [0.2, 0.25) is 0 Å². The molecule has 0 bridgehead atoms. The molecule has 2 rings (SSSR count). The summed E-state index contributed by atoms with van der Waals surface area (Å²) < 4.78 is 0. The van der Waals surface area contributed by atoms with E-state index >= 15 is 0 Å². The Morgan fingerprint density at radius 1 is 1.42 bits per heavy atom. The fourth-order valence-electron chi connectivity index (χ4n) is 1.94. The number of rotatable bonds is 4. The second-order valence-electron chi connectivity index (χ2n) is 4.38. The molecular formula is C14H16N2O2S. The first kappa shape index (κ1) is 13.4. The van der Waals surface area contributed by atoms with Gasteiger partial charge in [0, 0.05) is 11.9 Å². The number of benzene rings is 1. The Kier molecular flexibility index (Phi) is 3.76. The van der Waals surface area contributed by atoms with Gasteiger partial charge in [-0.1, -0.05) is 6.07 Å². The Labute approximate surface area is 116 Å². The summed E-state index contributed by atoms with van der Waals surface area (Å²) in [6.45, 7) is 2.09. The molecule has 0 aliphatic rings. The number of hydrogen-bond donors (Lipinski definition) is 2. The monoisotopic (exact) mass is 276 g/mol. The van der Waals surface area contributed by atoms with Crippen molar-refractivity contribution in [2.45, 2.75) is 13.0 Å².